The Balaban J connectivity index is 0.00000260. The lowest BCUT2D eigenvalue weighted by atomic mass is 9.70. The van der Waals surface area contributed by atoms with Crippen LogP contribution in [0.1, 0.15) is 112 Å². The summed E-state index contributed by atoms with van der Waals surface area (Å²) in [6, 6.07) is 7.58. The maximum Gasteiger partial charge on any atom is 0.407 e. The van der Waals surface area contributed by atoms with Crippen LogP contribution in [-0.4, -0.2) is 31.3 Å². The van der Waals surface area contributed by atoms with Gasteiger partial charge in [0, 0.05) is 19.5 Å². The van der Waals surface area contributed by atoms with Gasteiger partial charge >= 0.3 is 6.09 Å². The molecular weight excluding hydrogens is 487 g/mol. The molecule has 4 nitrogen and oxygen atoms in total. The minimum atomic E-state index is -1.72. The molecule has 3 rings (SSSR count). The number of halogens is 1. The number of alkyl carbamates (subject to hydrolysis) is 1. The molecule has 0 radical (unpaired) electrons. The summed E-state index contributed by atoms with van der Waals surface area (Å²) >= 11 is 0. The van der Waals surface area contributed by atoms with Crippen LogP contribution in [0.25, 0.3) is 0 Å². The lowest BCUT2D eigenvalue weighted by Gasteiger charge is -2.38. The topological polar surface area (TPSA) is 50.4 Å². The van der Waals surface area contributed by atoms with Gasteiger partial charge in [-0.1, -0.05) is 118 Å². The van der Waals surface area contributed by atoms with Crippen molar-refractivity contribution in [1.29, 1.82) is 0 Å². The Kier molecular flexibility index (Phi) is 12.3. The van der Waals surface area contributed by atoms with Crippen LogP contribution >= 0.6 is 0 Å². The fourth-order valence-electron chi connectivity index (χ4n) is 5.33. The van der Waals surface area contributed by atoms with E-state index in [1.54, 1.807) is 0 Å². The smallest absolute Gasteiger partial charge is 0.407 e. The maximum atomic E-state index is 17.6. The van der Waals surface area contributed by atoms with Crippen LogP contribution in [0.4, 0.5) is 9.18 Å². The number of hydrogen-bond donors (Lipinski definition) is 2. The van der Waals surface area contributed by atoms with Crippen LogP contribution in [0.5, 0.6) is 0 Å². The number of rotatable bonds is 11. The van der Waals surface area contributed by atoms with E-state index in [2.05, 4.69) is 83.4 Å². The van der Waals surface area contributed by atoms with Gasteiger partial charge in [-0.05, 0) is 52.7 Å². The van der Waals surface area contributed by atoms with Crippen LogP contribution in [-0.2, 0) is 15.8 Å². The zero-order chi connectivity index (χ0) is 29.3. The molecule has 1 heterocycles. The third-order valence-electron chi connectivity index (χ3n) is 9.05. The second kappa shape index (κ2) is 14.5. The van der Waals surface area contributed by atoms with E-state index in [-0.39, 0.29) is 16.9 Å². The van der Waals surface area contributed by atoms with E-state index in [9.17, 15) is 4.79 Å². The molecule has 0 saturated carbocycles. The third-order valence-corrected chi connectivity index (χ3v) is 9.05. The summed E-state index contributed by atoms with van der Waals surface area (Å²) in [5.74, 6) is 0.387. The molecular formula is C34H55FN2O2. The van der Waals surface area contributed by atoms with Crippen LogP contribution < -0.4 is 10.6 Å². The Morgan fingerprint density at radius 3 is 2.23 bits per heavy atom. The predicted octanol–water partition coefficient (Wildman–Crippen LogP) is 8.76. The van der Waals surface area contributed by atoms with Crippen molar-refractivity contribution >= 4 is 6.09 Å². The Labute approximate surface area is 238 Å². The number of unbranched alkanes of at least 4 members (excludes halogenated alkanes) is 1. The Bertz CT molecular complexity index is 966. The quantitative estimate of drug-likeness (QED) is 0.275. The van der Waals surface area contributed by atoms with Gasteiger partial charge in [0.15, 0.2) is 5.67 Å². The van der Waals surface area contributed by atoms with Crippen molar-refractivity contribution in [2.75, 3.05) is 13.1 Å². The molecule has 4 unspecified atom stereocenters. The predicted molar refractivity (Wildman–Crippen MR) is 163 cm³/mol. The molecule has 0 bridgehead atoms. The molecule has 2 aliphatic rings. The van der Waals surface area contributed by atoms with Gasteiger partial charge in [0.25, 0.3) is 0 Å². The molecule has 2 N–H and O–H groups in total. The summed E-state index contributed by atoms with van der Waals surface area (Å²) in [5, 5.41) is 6.17. The third kappa shape index (κ3) is 7.96. The fraction of sp³-hybridized carbons (Fsp3) is 0.676. The van der Waals surface area contributed by atoms with E-state index in [0.29, 0.717) is 36.6 Å². The van der Waals surface area contributed by atoms with Crippen LogP contribution in [0.3, 0.4) is 0 Å². The summed E-state index contributed by atoms with van der Waals surface area (Å²) in [5.41, 5.74) is 1.05. The maximum absolute atomic E-state index is 17.6. The van der Waals surface area contributed by atoms with Crippen LogP contribution in [0.2, 0.25) is 0 Å². The van der Waals surface area contributed by atoms with E-state index in [0.717, 1.165) is 32.1 Å². The average molecular weight is 543 g/mol. The Morgan fingerprint density at radius 2 is 1.69 bits per heavy atom. The van der Waals surface area contributed by atoms with Gasteiger partial charge in [-0.2, -0.15) is 0 Å². The molecule has 39 heavy (non-hydrogen) atoms. The van der Waals surface area contributed by atoms with Gasteiger partial charge in [0.2, 0.25) is 0 Å². The molecule has 1 aliphatic heterocycles. The second-order valence-corrected chi connectivity index (χ2v) is 12.2. The second-order valence-electron chi connectivity index (χ2n) is 12.2. The summed E-state index contributed by atoms with van der Waals surface area (Å²) in [7, 11) is 0. The first-order valence-electron chi connectivity index (χ1n) is 15.3. The summed E-state index contributed by atoms with van der Waals surface area (Å²) in [6.07, 6.45) is 10.8. The summed E-state index contributed by atoms with van der Waals surface area (Å²) < 4.78 is 23.2. The normalized spacial score (nSPS) is 22.8. The number of carbonyl (C=O) groups excluding carboxylic acids is 1. The zero-order valence-corrected chi connectivity index (χ0v) is 26.1. The molecule has 1 aromatic carbocycles. The molecule has 0 spiro atoms. The lowest BCUT2D eigenvalue weighted by Crippen LogP contribution is -2.43. The van der Waals surface area contributed by atoms with Gasteiger partial charge in [-0.25, -0.2) is 9.18 Å². The first kappa shape index (κ1) is 33.1. The minimum Gasteiger partial charge on any atom is -0.445 e. The standard InChI is InChI=1S/C32H49FN2O2.C2H6/c1-8-11-20-34-29(36)37-27-21-28(35-22-27)32(33,25-16-12-23(13-17-25)30(4,5)9-2)26-18-14-24(15-19-26)31(6,7)10-3;1-2/h12-14,16-19,24,27-28,35H,8-11,15,20-22H2,1-7H3,(H,34,36);1-2H3. The van der Waals surface area contributed by atoms with E-state index in [4.69, 9.17) is 4.74 Å². The number of alkyl halides is 1. The van der Waals surface area contributed by atoms with E-state index in [1.165, 1.54) is 5.56 Å². The largest absolute Gasteiger partial charge is 0.445 e. The minimum absolute atomic E-state index is 0.0378. The Hall–Kier alpha value is -2.14. The highest BCUT2D eigenvalue weighted by Gasteiger charge is 2.48. The van der Waals surface area contributed by atoms with Gasteiger partial charge in [0.05, 0.1) is 6.04 Å². The summed E-state index contributed by atoms with van der Waals surface area (Å²) in [4.78, 5) is 12.2. The molecule has 1 saturated heterocycles. The van der Waals surface area contributed by atoms with Crippen molar-refractivity contribution in [3.8, 4) is 0 Å². The molecule has 1 fully saturated rings. The number of nitrogens with one attached hydrogen (secondary N) is 2. The van der Waals surface area contributed by atoms with Crippen molar-refractivity contribution in [2.45, 2.75) is 124 Å². The first-order chi connectivity index (χ1) is 18.5. The number of amides is 1. The molecule has 1 aliphatic carbocycles. The van der Waals surface area contributed by atoms with Crippen LogP contribution in [0.15, 0.2) is 48.1 Å². The number of carbonyl (C=O) groups is 1. The SMILES string of the molecule is CC.CCCCNC(=O)OC1CNC(C(F)(C2=CCC(C(C)(C)CC)C=C2)c2ccc(C(C)(C)CC)cc2)C1. The lowest BCUT2D eigenvalue weighted by molar-refractivity contribution is 0.0975. The van der Waals surface area contributed by atoms with Gasteiger partial charge in [-0.15, -0.1) is 0 Å². The average Bonchev–Trinajstić information content (AvgIpc) is 3.42. The first-order valence-corrected chi connectivity index (χ1v) is 15.3. The molecule has 5 heteroatoms. The summed E-state index contributed by atoms with van der Waals surface area (Å²) in [6.45, 7) is 20.5. The number of benzene rings is 1. The van der Waals surface area contributed by atoms with E-state index >= 15 is 4.39 Å². The number of ether oxygens (including phenoxy) is 1. The highest BCUT2D eigenvalue weighted by Crippen LogP contribution is 2.46. The molecule has 220 valence electrons. The highest BCUT2D eigenvalue weighted by molar-refractivity contribution is 5.67. The number of hydrogen-bond acceptors (Lipinski definition) is 3. The van der Waals surface area contributed by atoms with Crippen molar-refractivity contribution in [3.63, 3.8) is 0 Å². The van der Waals surface area contributed by atoms with Crippen molar-refractivity contribution < 1.29 is 13.9 Å². The molecule has 0 aromatic heterocycles. The molecule has 1 amide bonds. The van der Waals surface area contributed by atoms with Crippen molar-refractivity contribution in [2.24, 2.45) is 11.3 Å². The van der Waals surface area contributed by atoms with Crippen molar-refractivity contribution in [1.82, 2.24) is 10.6 Å². The highest BCUT2D eigenvalue weighted by atomic mass is 19.1. The van der Waals surface area contributed by atoms with E-state index in [1.807, 2.05) is 32.1 Å². The fourth-order valence-corrected chi connectivity index (χ4v) is 5.33. The Morgan fingerprint density at radius 1 is 1.05 bits per heavy atom. The molecule has 1 aromatic rings. The monoisotopic (exact) mass is 542 g/mol. The van der Waals surface area contributed by atoms with Gasteiger partial charge < -0.3 is 15.4 Å². The van der Waals surface area contributed by atoms with E-state index < -0.39 is 17.8 Å². The van der Waals surface area contributed by atoms with Gasteiger partial charge in [0.1, 0.15) is 6.10 Å². The molecule has 4 atom stereocenters. The zero-order valence-electron chi connectivity index (χ0n) is 26.1. The number of allylic oxidation sites excluding steroid dienone is 3. The van der Waals surface area contributed by atoms with Crippen molar-refractivity contribution in [3.05, 3.63) is 59.2 Å². The van der Waals surface area contributed by atoms with Gasteiger partial charge in [-0.3, -0.25) is 0 Å². The van der Waals surface area contributed by atoms with Crippen LogP contribution in [0, 0.1) is 11.3 Å².